The minimum atomic E-state index is 0.778. The minimum Gasteiger partial charge on any atom is -0.377 e. The summed E-state index contributed by atoms with van der Waals surface area (Å²) < 4.78 is 9.89. The molecular formula is C5H13NO2. The van der Waals surface area contributed by atoms with Crippen LogP contribution in [0.5, 0.6) is 0 Å². The topological polar surface area (TPSA) is 44.5 Å². The first kappa shape index (κ1) is 7.88. The zero-order valence-corrected chi connectivity index (χ0v) is 5.22. The summed E-state index contributed by atoms with van der Waals surface area (Å²) >= 11 is 0. The highest BCUT2D eigenvalue weighted by Crippen LogP contribution is 1.85. The maximum absolute atomic E-state index is 4.94. The highest BCUT2D eigenvalue weighted by molar-refractivity contribution is 4.37. The lowest BCUT2D eigenvalue weighted by Crippen LogP contribution is -2.16. The molecule has 2 N–H and O–H groups in total. The molecule has 1 aliphatic rings. The SMILES string of the molecule is C1COCCO1.CN. The van der Waals surface area contributed by atoms with E-state index in [2.05, 4.69) is 5.73 Å². The summed E-state index contributed by atoms with van der Waals surface area (Å²) in [6, 6.07) is 0. The van der Waals surface area contributed by atoms with Gasteiger partial charge in [0.15, 0.2) is 0 Å². The lowest BCUT2D eigenvalue weighted by Gasteiger charge is -2.09. The van der Waals surface area contributed by atoms with Crippen LogP contribution in [0, 0.1) is 0 Å². The van der Waals surface area contributed by atoms with Crippen molar-refractivity contribution in [1.82, 2.24) is 0 Å². The predicted octanol–water partition coefficient (Wildman–Crippen LogP) is -0.392. The molecule has 0 unspecified atom stereocenters. The Morgan fingerprint density at radius 3 is 1.25 bits per heavy atom. The van der Waals surface area contributed by atoms with Crippen LogP contribution in [0.25, 0.3) is 0 Å². The zero-order chi connectivity index (χ0) is 6.24. The van der Waals surface area contributed by atoms with Crippen molar-refractivity contribution >= 4 is 0 Å². The van der Waals surface area contributed by atoms with Gasteiger partial charge >= 0.3 is 0 Å². The number of nitrogens with two attached hydrogens (primary N) is 1. The lowest BCUT2D eigenvalue weighted by molar-refractivity contribution is -0.0334. The number of ether oxygens (including phenoxy) is 2. The summed E-state index contributed by atoms with van der Waals surface area (Å²) in [5, 5.41) is 0. The smallest absolute Gasteiger partial charge is 0.0701 e. The van der Waals surface area contributed by atoms with Crippen LogP contribution in [-0.2, 0) is 9.47 Å². The van der Waals surface area contributed by atoms with E-state index in [0.717, 1.165) is 26.4 Å². The summed E-state index contributed by atoms with van der Waals surface area (Å²) in [7, 11) is 1.50. The molecule has 3 heteroatoms. The Kier molecular flexibility index (Phi) is 6.78. The van der Waals surface area contributed by atoms with Crippen molar-refractivity contribution in [2.45, 2.75) is 0 Å². The Morgan fingerprint density at radius 2 is 1.12 bits per heavy atom. The van der Waals surface area contributed by atoms with Gasteiger partial charge in [0.2, 0.25) is 0 Å². The van der Waals surface area contributed by atoms with E-state index in [1.54, 1.807) is 0 Å². The van der Waals surface area contributed by atoms with E-state index in [1.807, 2.05) is 0 Å². The third-order valence-corrected chi connectivity index (χ3v) is 0.744. The molecule has 3 nitrogen and oxygen atoms in total. The predicted molar refractivity (Wildman–Crippen MR) is 31.7 cm³/mol. The average Bonchev–Trinajstić information content (AvgIpc) is 1.96. The number of hydrogen-bond acceptors (Lipinski definition) is 3. The van der Waals surface area contributed by atoms with Gasteiger partial charge in [0.25, 0.3) is 0 Å². The number of rotatable bonds is 0. The molecule has 0 atom stereocenters. The molecule has 0 saturated carbocycles. The fourth-order valence-corrected chi connectivity index (χ4v) is 0.440. The van der Waals surface area contributed by atoms with Crippen molar-refractivity contribution in [3.63, 3.8) is 0 Å². The Morgan fingerprint density at radius 1 is 0.875 bits per heavy atom. The Bertz CT molecular complexity index is 25.9. The van der Waals surface area contributed by atoms with Crippen LogP contribution in [0.4, 0.5) is 0 Å². The highest BCUT2D eigenvalue weighted by Gasteiger charge is 1.94. The van der Waals surface area contributed by atoms with Gasteiger partial charge in [-0.2, -0.15) is 0 Å². The molecule has 1 heterocycles. The fraction of sp³-hybridized carbons (Fsp3) is 1.00. The van der Waals surface area contributed by atoms with Gasteiger partial charge in [-0.25, -0.2) is 0 Å². The van der Waals surface area contributed by atoms with Crippen molar-refractivity contribution in [3.8, 4) is 0 Å². The maximum atomic E-state index is 4.94. The molecule has 0 amide bonds. The maximum Gasteiger partial charge on any atom is 0.0701 e. The second-order valence-corrected chi connectivity index (χ2v) is 1.22. The monoisotopic (exact) mass is 119 g/mol. The zero-order valence-electron chi connectivity index (χ0n) is 5.22. The van der Waals surface area contributed by atoms with Crippen molar-refractivity contribution in [3.05, 3.63) is 0 Å². The summed E-state index contributed by atoms with van der Waals surface area (Å²) in [6.45, 7) is 3.11. The minimum absolute atomic E-state index is 0.778. The highest BCUT2D eigenvalue weighted by atomic mass is 16.6. The third kappa shape index (κ3) is 4.05. The van der Waals surface area contributed by atoms with Crippen molar-refractivity contribution in [2.75, 3.05) is 33.5 Å². The summed E-state index contributed by atoms with van der Waals surface area (Å²) in [6.07, 6.45) is 0. The van der Waals surface area contributed by atoms with Crippen LogP contribution < -0.4 is 5.73 Å². The molecular weight excluding hydrogens is 106 g/mol. The normalized spacial score (nSPS) is 18.8. The standard InChI is InChI=1S/C4H8O2.CH5N/c1-2-6-4-3-5-1;1-2/h1-4H2;2H2,1H3. The van der Waals surface area contributed by atoms with E-state index >= 15 is 0 Å². The van der Waals surface area contributed by atoms with Gasteiger partial charge in [-0.3, -0.25) is 0 Å². The van der Waals surface area contributed by atoms with Crippen LogP contribution in [0.3, 0.4) is 0 Å². The summed E-state index contributed by atoms with van der Waals surface area (Å²) in [5.74, 6) is 0. The molecule has 8 heavy (non-hydrogen) atoms. The molecule has 1 rings (SSSR count). The van der Waals surface area contributed by atoms with E-state index < -0.39 is 0 Å². The molecule has 0 spiro atoms. The summed E-state index contributed by atoms with van der Waals surface area (Å²) in [5.41, 5.74) is 4.50. The van der Waals surface area contributed by atoms with Crippen LogP contribution in [-0.4, -0.2) is 33.5 Å². The fourth-order valence-electron chi connectivity index (χ4n) is 0.440. The van der Waals surface area contributed by atoms with Gasteiger partial charge in [-0.1, -0.05) is 0 Å². The van der Waals surface area contributed by atoms with Crippen LogP contribution in [0.15, 0.2) is 0 Å². The Balaban J connectivity index is 0.000000222. The van der Waals surface area contributed by atoms with Gasteiger partial charge in [0, 0.05) is 0 Å². The molecule has 0 aliphatic carbocycles. The number of hydrogen-bond donors (Lipinski definition) is 1. The average molecular weight is 119 g/mol. The molecule has 0 radical (unpaired) electrons. The quantitative estimate of drug-likeness (QED) is 0.472. The van der Waals surface area contributed by atoms with E-state index in [-0.39, 0.29) is 0 Å². The third-order valence-electron chi connectivity index (χ3n) is 0.744. The largest absolute Gasteiger partial charge is 0.377 e. The van der Waals surface area contributed by atoms with Gasteiger partial charge in [0.1, 0.15) is 0 Å². The molecule has 0 aromatic rings. The molecule has 0 bridgehead atoms. The molecule has 0 aromatic heterocycles. The van der Waals surface area contributed by atoms with E-state index in [9.17, 15) is 0 Å². The van der Waals surface area contributed by atoms with E-state index in [0.29, 0.717) is 0 Å². The first-order valence-electron chi connectivity index (χ1n) is 2.73. The first-order chi connectivity index (χ1) is 4.00. The van der Waals surface area contributed by atoms with Gasteiger partial charge in [-0.15, -0.1) is 0 Å². The van der Waals surface area contributed by atoms with Crippen molar-refractivity contribution < 1.29 is 9.47 Å². The van der Waals surface area contributed by atoms with Crippen LogP contribution >= 0.6 is 0 Å². The van der Waals surface area contributed by atoms with Gasteiger partial charge in [-0.05, 0) is 7.05 Å². The molecule has 1 aliphatic heterocycles. The lowest BCUT2D eigenvalue weighted by atomic mass is 10.6. The second kappa shape index (κ2) is 6.88. The molecule has 1 fully saturated rings. The van der Waals surface area contributed by atoms with Crippen molar-refractivity contribution in [1.29, 1.82) is 0 Å². The Hall–Kier alpha value is -0.120. The first-order valence-corrected chi connectivity index (χ1v) is 2.73. The molecule has 0 aromatic carbocycles. The van der Waals surface area contributed by atoms with Crippen LogP contribution in [0.1, 0.15) is 0 Å². The van der Waals surface area contributed by atoms with Crippen LogP contribution in [0.2, 0.25) is 0 Å². The molecule has 1 saturated heterocycles. The van der Waals surface area contributed by atoms with E-state index in [1.165, 1.54) is 7.05 Å². The van der Waals surface area contributed by atoms with Crippen molar-refractivity contribution in [2.24, 2.45) is 5.73 Å². The summed E-state index contributed by atoms with van der Waals surface area (Å²) in [4.78, 5) is 0. The van der Waals surface area contributed by atoms with E-state index in [4.69, 9.17) is 9.47 Å². The van der Waals surface area contributed by atoms with Gasteiger partial charge < -0.3 is 15.2 Å². The van der Waals surface area contributed by atoms with Gasteiger partial charge in [0.05, 0.1) is 26.4 Å². The second-order valence-electron chi connectivity index (χ2n) is 1.22. The molecule has 50 valence electrons. The Labute approximate surface area is 49.8 Å².